The molecule has 0 bridgehead atoms. The van der Waals surface area contributed by atoms with E-state index in [-0.39, 0.29) is 22.4 Å². The van der Waals surface area contributed by atoms with E-state index < -0.39 is 17.9 Å². The van der Waals surface area contributed by atoms with Gasteiger partial charge in [0.05, 0.1) is 5.56 Å². The number of ether oxygens (including phenoxy) is 2. The predicted molar refractivity (Wildman–Crippen MR) is 91.0 cm³/mol. The Bertz CT molecular complexity index is 1030. The van der Waals surface area contributed by atoms with E-state index in [2.05, 4.69) is 0 Å². The molecule has 0 unspecified atom stereocenters. The quantitative estimate of drug-likeness (QED) is 0.446. The third-order valence-electron chi connectivity index (χ3n) is 3.67. The van der Waals surface area contributed by atoms with Gasteiger partial charge in [-0.3, -0.25) is 9.59 Å². The van der Waals surface area contributed by atoms with E-state index in [1.807, 2.05) is 0 Å². The van der Waals surface area contributed by atoms with Gasteiger partial charge in [-0.25, -0.2) is 4.79 Å². The van der Waals surface area contributed by atoms with Crippen LogP contribution in [0.5, 0.6) is 11.5 Å². The van der Waals surface area contributed by atoms with Crippen LogP contribution in [0.1, 0.15) is 24.2 Å². The average molecular weight is 338 g/mol. The van der Waals surface area contributed by atoms with Crippen LogP contribution in [-0.4, -0.2) is 23.0 Å². The zero-order valence-corrected chi connectivity index (χ0v) is 13.5. The van der Waals surface area contributed by atoms with Crippen LogP contribution in [0.4, 0.5) is 0 Å². The molecular formula is C19H14O6. The summed E-state index contributed by atoms with van der Waals surface area (Å²) < 4.78 is 10.7. The van der Waals surface area contributed by atoms with Gasteiger partial charge < -0.3 is 14.6 Å². The highest BCUT2D eigenvalue weighted by atomic mass is 16.5. The van der Waals surface area contributed by atoms with E-state index in [4.69, 9.17) is 9.47 Å². The Morgan fingerprint density at radius 2 is 1.28 bits per heavy atom. The molecular weight excluding hydrogens is 324 g/mol. The zero-order valence-electron chi connectivity index (χ0n) is 13.5. The number of benzene rings is 3. The van der Waals surface area contributed by atoms with Crippen molar-refractivity contribution >= 4 is 39.5 Å². The van der Waals surface area contributed by atoms with Crippen molar-refractivity contribution < 1.29 is 29.0 Å². The van der Waals surface area contributed by atoms with E-state index >= 15 is 0 Å². The standard InChI is InChI=1S/C19H14O6/c1-10(20)24-17-12-6-3-4-7-13(12)18(25-11(2)21)16-14(17)8-5-9-15(16)19(22)23/h3-9H,1-2H3,(H,22,23). The molecule has 0 saturated heterocycles. The molecule has 0 heterocycles. The second-order valence-corrected chi connectivity index (χ2v) is 5.42. The lowest BCUT2D eigenvalue weighted by molar-refractivity contribution is -0.132. The number of fused-ring (bicyclic) bond motifs is 2. The van der Waals surface area contributed by atoms with Crippen molar-refractivity contribution in [3.63, 3.8) is 0 Å². The summed E-state index contributed by atoms with van der Waals surface area (Å²) in [5.41, 5.74) is -0.0482. The third kappa shape index (κ3) is 2.89. The van der Waals surface area contributed by atoms with E-state index in [1.165, 1.54) is 19.9 Å². The maximum atomic E-state index is 11.7. The van der Waals surface area contributed by atoms with Gasteiger partial charge in [-0.2, -0.15) is 0 Å². The number of carboxylic acids is 1. The summed E-state index contributed by atoms with van der Waals surface area (Å²) >= 11 is 0. The summed E-state index contributed by atoms with van der Waals surface area (Å²) in [6.07, 6.45) is 0. The topological polar surface area (TPSA) is 89.9 Å². The molecule has 126 valence electrons. The molecule has 0 radical (unpaired) electrons. The first-order chi connectivity index (χ1) is 11.9. The molecule has 1 N–H and O–H groups in total. The number of rotatable bonds is 3. The summed E-state index contributed by atoms with van der Waals surface area (Å²) in [4.78, 5) is 34.8. The lowest BCUT2D eigenvalue weighted by Gasteiger charge is -2.16. The zero-order chi connectivity index (χ0) is 18.1. The summed E-state index contributed by atoms with van der Waals surface area (Å²) in [6, 6.07) is 11.4. The molecule has 3 rings (SSSR count). The van der Waals surface area contributed by atoms with Gasteiger partial charge in [-0.05, 0) is 6.07 Å². The Balaban J connectivity index is 2.58. The molecule has 3 aromatic rings. The molecule has 6 heteroatoms. The van der Waals surface area contributed by atoms with Crippen molar-refractivity contribution in [1.29, 1.82) is 0 Å². The van der Waals surface area contributed by atoms with Crippen LogP contribution in [0.2, 0.25) is 0 Å². The fraction of sp³-hybridized carbons (Fsp3) is 0.105. The first-order valence-electron chi connectivity index (χ1n) is 7.47. The largest absolute Gasteiger partial charge is 0.478 e. The lowest BCUT2D eigenvalue weighted by Crippen LogP contribution is -2.08. The Labute approximate surface area is 142 Å². The van der Waals surface area contributed by atoms with Gasteiger partial charge in [0.25, 0.3) is 0 Å². The highest BCUT2D eigenvalue weighted by Crippen LogP contribution is 2.44. The highest BCUT2D eigenvalue weighted by Gasteiger charge is 2.22. The first kappa shape index (κ1) is 16.4. The number of carbonyl (C=O) groups is 3. The number of hydrogen-bond acceptors (Lipinski definition) is 5. The molecule has 3 aromatic carbocycles. The van der Waals surface area contributed by atoms with Crippen LogP contribution >= 0.6 is 0 Å². The molecule has 25 heavy (non-hydrogen) atoms. The number of carboxylic acid groups (broad SMARTS) is 1. The van der Waals surface area contributed by atoms with E-state index in [9.17, 15) is 19.5 Å². The Morgan fingerprint density at radius 3 is 1.84 bits per heavy atom. The van der Waals surface area contributed by atoms with Crippen molar-refractivity contribution in [1.82, 2.24) is 0 Å². The molecule has 6 nitrogen and oxygen atoms in total. The number of carbonyl (C=O) groups excluding carboxylic acids is 2. The molecule has 0 aliphatic rings. The maximum absolute atomic E-state index is 11.7. The van der Waals surface area contributed by atoms with Crippen molar-refractivity contribution in [2.75, 3.05) is 0 Å². The minimum absolute atomic E-state index is 0.0482. The van der Waals surface area contributed by atoms with E-state index in [1.54, 1.807) is 36.4 Å². The Morgan fingerprint density at radius 1 is 0.760 bits per heavy atom. The van der Waals surface area contributed by atoms with Crippen LogP contribution in [-0.2, 0) is 9.59 Å². The van der Waals surface area contributed by atoms with Crippen LogP contribution in [0.25, 0.3) is 21.5 Å². The molecule has 0 aliphatic heterocycles. The van der Waals surface area contributed by atoms with Gasteiger partial charge in [0, 0.05) is 35.4 Å². The molecule has 0 spiro atoms. The normalized spacial score (nSPS) is 10.6. The SMILES string of the molecule is CC(=O)Oc1c2ccccc2c(OC(C)=O)c2c(C(=O)O)cccc12. The lowest BCUT2D eigenvalue weighted by atomic mass is 9.97. The summed E-state index contributed by atoms with van der Waals surface area (Å²) in [7, 11) is 0. The summed E-state index contributed by atoms with van der Waals surface area (Å²) in [5.74, 6) is -1.92. The fourth-order valence-electron chi connectivity index (χ4n) is 2.83. The highest BCUT2D eigenvalue weighted by molar-refractivity contribution is 6.18. The molecule has 0 aromatic heterocycles. The Hall–Kier alpha value is -3.41. The number of hydrogen-bond donors (Lipinski definition) is 1. The van der Waals surface area contributed by atoms with Gasteiger partial charge in [-0.1, -0.05) is 36.4 Å². The monoisotopic (exact) mass is 338 g/mol. The first-order valence-corrected chi connectivity index (χ1v) is 7.47. The number of esters is 2. The minimum atomic E-state index is -1.18. The molecule has 0 amide bonds. The van der Waals surface area contributed by atoms with Gasteiger partial charge in [0.15, 0.2) is 0 Å². The smallest absolute Gasteiger partial charge is 0.336 e. The van der Waals surface area contributed by atoms with E-state index in [0.29, 0.717) is 16.2 Å². The van der Waals surface area contributed by atoms with E-state index in [0.717, 1.165) is 0 Å². The van der Waals surface area contributed by atoms with Crippen molar-refractivity contribution in [2.45, 2.75) is 13.8 Å². The second kappa shape index (κ2) is 6.24. The summed E-state index contributed by atoms with van der Waals surface area (Å²) in [5, 5.41) is 11.2. The van der Waals surface area contributed by atoms with Crippen molar-refractivity contribution in [3.8, 4) is 11.5 Å². The van der Waals surface area contributed by atoms with Gasteiger partial charge in [0.2, 0.25) is 0 Å². The van der Waals surface area contributed by atoms with Gasteiger partial charge in [0.1, 0.15) is 11.5 Å². The van der Waals surface area contributed by atoms with Crippen molar-refractivity contribution in [2.24, 2.45) is 0 Å². The molecule has 0 fully saturated rings. The van der Waals surface area contributed by atoms with Gasteiger partial charge in [-0.15, -0.1) is 0 Å². The van der Waals surface area contributed by atoms with Crippen LogP contribution in [0.15, 0.2) is 42.5 Å². The van der Waals surface area contributed by atoms with Crippen molar-refractivity contribution in [3.05, 3.63) is 48.0 Å². The number of aromatic carboxylic acids is 1. The van der Waals surface area contributed by atoms with Crippen LogP contribution in [0.3, 0.4) is 0 Å². The average Bonchev–Trinajstić information content (AvgIpc) is 2.56. The second-order valence-electron chi connectivity index (χ2n) is 5.42. The van der Waals surface area contributed by atoms with Crippen LogP contribution in [0, 0.1) is 0 Å². The molecule has 0 saturated carbocycles. The predicted octanol–water partition coefficient (Wildman–Crippen LogP) is 3.54. The fourth-order valence-corrected chi connectivity index (χ4v) is 2.83. The molecule has 0 atom stereocenters. The van der Waals surface area contributed by atoms with Gasteiger partial charge >= 0.3 is 17.9 Å². The molecule has 0 aliphatic carbocycles. The third-order valence-corrected chi connectivity index (χ3v) is 3.67. The summed E-state index contributed by atoms with van der Waals surface area (Å²) in [6.45, 7) is 2.51. The minimum Gasteiger partial charge on any atom is -0.478 e. The van der Waals surface area contributed by atoms with Crippen LogP contribution < -0.4 is 9.47 Å². The Kier molecular flexibility index (Phi) is 4.10. The maximum Gasteiger partial charge on any atom is 0.336 e.